The molecule has 106 valence electrons. The lowest BCUT2D eigenvalue weighted by Crippen LogP contribution is -2.37. The van der Waals surface area contributed by atoms with Crippen molar-refractivity contribution >= 4 is 17.8 Å². The fourth-order valence-electron chi connectivity index (χ4n) is 2.03. The van der Waals surface area contributed by atoms with Crippen LogP contribution in [0.2, 0.25) is 0 Å². The van der Waals surface area contributed by atoms with Crippen LogP contribution in [0.5, 0.6) is 0 Å². The van der Waals surface area contributed by atoms with Gasteiger partial charge in [-0.15, -0.1) is 0 Å². The highest BCUT2D eigenvalue weighted by Crippen LogP contribution is 2.16. The van der Waals surface area contributed by atoms with Crippen molar-refractivity contribution in [1.29, 1.82) is 0 Å². The number of nitrogen functional groups attached to an aromatic ring is 1. The second-order valence-corrected chi connectivity index (χ2v) is 5.04. The minimum Gasteiger partial charge on any atom is -0.351 e. The Bertz CT molecular complexity index is 413. The fourth-order valence-corrected chi connectivity index (χ4v) is 2.03. The third kappa shape index (κ3) is 3.65. The smallest absolute Gasteiger partial charge is 0.243 e. The molecule has 19 heavy (non-hydrogen) atoms. The fraction of sp³-hybridized carbons (Fsp3) is 0.727. The maximum atomic E-state index is 5.38. The van der Waals surface area contributed by atoms with E-state index in [1.807, 2.05) is 19.0 Å². The van der Waals surface area contributed by atoms with Crippen LogP contribution in [0.1, 0.15) is 12.8 Å². The molecule has 0 saturated carbocycles. The summed E-state index contributed by atoms with van der Waals surface area (Å²) in [5.74, 6) is 6.91. The molecule has 1 aliphatic rings. The van der Waals surface area contributed by atoms with E-state index in [1.54, 1.807) is 0 Å². The number of likely N-dealkylation sites (tertiary alicyclic amines) is 1. The molecule has 0 aromatic carbocycles. The summed E-state index contributed by atoms with van der Waals surface area (Å²) in [6.45, 7) is 2.18. The molecule has 1 aliphatic heterocycles. The van der Waals surface area contributed by atoms with Gasteiger partial charge in [0.25, 0.3) is 0 Å². The van der Waals surface area contributed by atoms with E-state index in [4.69, 9.17) is 5.84 Å². The van der Waals surface area contributed by atoms with Crippen molar-refractivity contribution in [3.05, 3.63) is 0 Å². The van der Waals surface area contributed by atoms with E-state index >= 15 is 0 Å². The van der Waals surface area contributed by atoms with Crippen molar-refractivity contribution in [2.75, 3.05) is 49.9 Å². The van der Waals surface area contributed by atoms with Crippen molar-refractivity contribution in [3.63, 3.8) is 0 Å². The zero-order valence-corrected chi connectivity index (χ0v) is 11.7. The number of nitrogens with two attached hydrogens (primary N) is 1. The number of hydrazine groups is 1. The number of hydrogen-bond donors (Lipinski definition) is 3. The van der Waals surface area contributed by atoms with E-state index < -0.39 is 0 Å². The van der Waals surface area contributed by atoms with E-state index in [0.29, 0.717) is 23.9 Å². The summed E-state index contributed by atoms with van der Waals surface area (Å²) in [5.41, 5.74) is 2.47. The normalized spacial score (nSPS) is 17.3. The van der Waals surface area contributed by atoms with Gasteiger partial charge in [-0.05, 0) is 33.0 Å². The van der Waals surface area contributed by atoms with Crippen LogP contribution in [0.4, 0.5) is 17.8 Å². The van der Waals surface area contributed by atoms with Crippen molar-refractivity contribution in [1.82, 2.24) is 19.9 Å². The van der Waals surface area contributed by atoms with Crippen molar-refractivity contribution in [2.45, 2.75) is 18.9 Å². The number of piperidine rings is 1. The van der Waals surface area contributed by atoms with Crippen LogP contribution in [-0.2, 0) is 0 Å². The van der Waals surface area contributed by atoms with Crippen LogP contribution in [0, 0.1) is 0 Å². The monoisotopic (exact) mass is 266 g/mol. The molecule has 1 aromatic heterocycles. The average molecular weight is 266 g/mol. The lowest BCUT2D eigenvalue weighted by molar-refractivity contribution is 0.263. The van der Waals surface area contributed by atoms with Gasteiger partial charge >= 0.3 is 0 Å². The first-order valence-corrected chi connectivity index (χ1v) is 6.43. The largest absolute Gasteiger partial charge is 0.351 e. The van der Waals surface area contributed by atoms with Gasteiger partial charge in [0.2, 0.25) is 17.8 Å². The summed E-state index contributed by atoms with van der Waals surface area (Å²) < 4.78 is 0. The molecule has 0 spiro atoms. The molecule has 4 N–H and O–H groups in total. The number of nitrogens with zero attached hydrogens (tertiary/aromatic N) is 5. The maximum absolute atomic E-state index is 5.38. The molecule has 0 atom stereocenters. The Morgan fingerprint density at radius 2 is 1.79 bits per heavy atom. The van der Waals surface area contributed by atoms with Crippen LogP contribution >= 0.6 is 0 Å². The molecule has 0 bridgehead atoms. The van der Waals surface area contributed by atoms with Crippen LogP contribution in [0.15, 0.2) is 0 Å². The third-order valence-corrected chi connectivity index (χ3v) is 3.20. The average Bonchev–Trinajstić information content (AvgIpc) is 2.41. The van der Waals surface area contributed by atoms with Crippen LogP contribution in [0.25, 0.3) is 0 Å². The van der Waals surface area contributed by atoms with Crippen molar-refractivity contribution in [2.24, 2.45) is 5.84 Å². The number of nitrogens with one attached hydrogen (secondary N) is 2. The topological polar surface area (TPSA) is 95.2 Å². The molecule has 0 radical (unpaired) electrons. The SMILES string of the molecule is CN1CCC(Nc2nc(NN)nc(N(C)C)n2)CC1. The predicted octanol–water partition coefficient (Wildman–Crippen LogP) is -0.271. The Morgan fingerprint density at radius 3 is 2.37 bits per heavy atom. The standard InChI is InChI=1S/C11H22N8/c1-18(2)11-15-9(14-10(16-11)17-12)13-8-4-6-19(3)7-5-8/h8H,4-7,12H2,1-3H3,(H2,13,14,15,16,17). The highest BCUT2D eigenvalue weighted by Gasteiger charge is 2.18. The Balaban J connectivity index is 2.08. The quantitative estimate of drug-likeness (QED) is 0.506. The molecular formula is C11H22N8. The molecular weight excluding hydrogens is 244 g/mol. The predicted molar refractivity (Wildman–Crippen MR) is 76.1 cm³/mol. The zero-order valence-electron chi connectivity index (χ0n) is 11.7. The van der Waals surface area contributed by atoms with E-state index in [0.717, 1.165) is 25.9 Å². The lowest BCUT2D eigenvalue weighted by atomic mass is 10.1. The highest BCUT2D eigenvalue weighted by molar-refractivity contribution is 5.42. The number of anilines is 3. The zero-order chi connectivity index (χ0) is 13.8. The summed E-state index contributed by atoms with van der Waals surface area (Å²) in [7, 11) is 5.91. The van der Waals surface area contributed by atoms with E-state index in [2.05, 4.69) is 37.6 Å². The molecule has 2 rings (SSSR count). The van der Waals surface area contributed by atoms with Crippen molar-refractivity contribution in [3.8, 4) is 0 Å². The molecule has 1 aromatic rings. The molecule has 0 unspecified atom stereocenters. The molecule has 1 saturated heterocycles. The minimum atomic E-state index is 0.370. The van der Waals surface area contributed by atoms with Crippen LogP contribution in [0.3, 0.4) is 0 Å². The Morgan fingerprint density at radius 1 is 1.16 bits per heavy atom. The Kier molecular flexibility index (Phi) is 4.33. The van der Waals surface area contributed by atoms with Gasteiger partial charge in [-0.1, -0.05) is 0 Å². The summed E-state index contributed by atoms with van der Waals surface area (Å²) in [4.78, 5) is 16.9. The van der Waals surface area contributed by atoms with Gasteiger partial charge in [-0.2, -0.15) is 15.0 Å². The Hall–Kier alpha value is -1.67. The van der Waals surface area contributed by atoms with Gasteiger partial charge in [0.15, 0.2) is 0 Å². The number of hydrogen-bond acceptors (Lipinski definition) is 8. The lowest BCUT2D eigenvalue weighted by Gasteiger charge is -2.29. The molecule has 8 nitrogen and oxygen atoms in total. The number of aromatic nitrogens is 3. The first kappa shape index (κ1) is 13.8. The van der Waals surface area contributed by atoms with E-state index in [1.165, 1.54) is 0 Å². The first-order valence-electron chi connectivity index (χ1n) is 6.43. The van der Waals surface area contributed by atoms with E-state index in [9.17, 15) is 0 Å². The minimum absolute atomic E-state index is 0.370. The van der Waals surface area contributed by atoms with Gasteiger partial charge < -0.3 is 15.1 Å². The van der Waals surface area contributed by atoms with Gasteiger partial charge in [0.05, 0.1) is 0 Å². The van der Waals surface area contributed by atoms with Gasteiger partial charge in [0, 0.05) is 20.1 Å². The first-order chi connectivity index (χ1) is 9.08. The maximum Gasteiger partial charge on any atom is 0.243 e. The molecule has 8 heteroatoms. The third-order valence-electron chi connectivity index (χ3n) is 3.20. The molecule has 0 aliphatic carbocycles. The summed E-state index contributed by atoms with van der Waals surface area (Å²) in [6.07, 6.45) is 2.18. The summed E-state index contributed by atoms with van der Waals surface area (Å²) in [6, 6.07) is 0.402. The van der Waals surface area contributed by atoms with Crippen molar-refractivity contribution < 1.29 is 0 Å². The second kappa shape index (κ2) is 5.98. The highest BCUT2D eigenvalue weighted by atomic mass is 15.4. The summed E-state index contributed by atoms with van der Waals surface area (Å²) in [5, 5.41) is 3.36. The molecule has 0 amide bonds. The molecule has 2 heterocycles. The van der Waals surface area contributed by atoms with Gasteiger partial charge in [0.1, 0.15) is 0 Å². The van der Waals surface area contributed by atoms with Crippen LogP contribution < -0.4 is 21.5 Å². The van der Waals surface area contributed by atoms with Crippen LogP contribution in [-0.4, -0.2) is 60.1 Å². The Labute approximate surface area is 113 Å². The molecule has 1 fully saturated rings. The summed E-state index contributed by atoms with van der Waals surface area (Å²) >= 11 is 0. The van der Waals surface area contributed by atoms with Gasteiger partial charge in [-0.3, -0.25) is 5.43 Å². The van der Waals surface area contributed by atoms with Gasteiger partial charge in [-0.25, -0.2) is 5.84 Å². The second-order valence-electron chi connectivity index (χ2n) is 5.04. The number of rotatable bonds is 4. The van der Waals surface area contributed by atoms with E-state index in [-0.39, 0.29) is 0 Å².